The molecule has 106 valence electrons. The van der Waals surface area contributed by atoms with Crippen LogP contribution in [0.3, 0.4) is 0 Å². The van der Waals surface area contributed by atoms with Crippen LogP contribution in [0.5, 0.6) is 0 Å². The molecule has 2 heteroatoms. The van der Waals surface area contributed by atoms with Crippen molar-refractivity contribution in [2.45, 2.75) is 19.6 Å². The van der Waals surface area contributed by atoms with Gasteiger partial charge < -0.3 is 4.48 Å². The van der Waals surface area contributed by atoms with Crippen LogP contribution in [0, 0.1) is 6.17 Å². The van der Waals surface area contributed by atoms with Crippen molar-refractivity contribution in [3.63, 3.8) is 0 Å². The van der Waals surface area contributed by atoms with Crippen molar-refractivity contribution in [1.29, 1.82) is 0 Å². The van der Waals surface area contributed by atoms with Crippen LogP contribution in [0.1, 0.15) is 5.56 Å². The highest BCUT2D eigenvalue weighted by Gasteiger charge is 2.22. The molecule has 0 heterocycles. The van der Waals surface area contributed by atoms with Crippen molar-refractivity contribution in [3.05, 3.63) is 72.4 Å². The van der Waals surface area contributed by atoms with E-state index in [-0.39, 0.29) is 0 Å². The van der Waals surface area contributed by atoms with Crippen molar-refractivity contribution < 1.29 is 4.48 Å². The lowest BCUT2D eigenvalue weighted by Gasteiger charge is -2.47. The highest BCUT2D eigenvalue weighted by atomic mass is 28.3. The molecule has 0 unspecified atom stereocenters. The van der Waals surface area contributed by atoms with Crippen molar-refractivity contribution in [2.75, 3.05) is 14.1 Å². The second-order valence-electron chi connectivity index (χ2n) is 6.64. The summed E-state index contributed by atoms with van der Waals surface area (Å²) in [5, 5.41) is 1.50. The molecule has 0 N–H and O–H groups in total. The molecule has 0 saturated heterocycles. The van der Waals surface area contributed by atoms with E-state index in [1.54, 1.807) is 0 Å². The van der Waals surface area contributed by atoms with Gasteiger partial charge in [0, 0.05) is 19.7 Å². The molecule has 0 radical (unpaired) electrons. The number of rotatable bonds is 5. The summed E-state index contributed by atoms with van der Waals surface area (Å²) >= 11 is 0. The molecule has 0 spiro atoms. The van der Waals surface area contributed by atoms with Crippen LogP contribution in [0.15, 0.2) is 60.7 Å². The number of hydrogen-bond acceptors (Lipinski definition) is 0. The standard InChI is InChI=1S/C18H25NSi/c1-19(2,15-17-11-7-5-8-12-17)16-20(3,4)18-13-9-6-10-14-18/h5-14,16H,15H2,1-4H3/i15+1. The van der Waals surface area contributed by atoms with Crippen LogP contribution in [0.4, 0.5) is 0 Å². The smallest absolute Gasteiger partial charge is 0.0799 e. The van der Waals surface area contributed by atoms with Crippen molar-refractivity contribution in [2.24, 2.45) is 0 Å². The molecule has 2 aromatic rings. The van der Waals surface area contributed by atoms with E-state index in [0.29, 0.717) is 0 Å². The third-order valence-electron chi connectivity index (χ3n) is 3.62. The van der Waals surface area contributed by atoms with Gasteiger partial charge in [-0.2, -0.15) is 0 Å². The minimum atomic E-state index is -1.52. The molecule has 0 atom stereocenters. The van der Waals surface area contributed by atoms with Gasteiger partial charge in [-0.3, -0.25) is 0 Å². The Bertz CT molecular complexity index is 532. The first kappa shape index (κ1) is 15.0. The number of nitrogens with zero attached hydrogens (tertiary/aromatic N) is 1. The van der Waals surface area contributed by atoms with Crippen LogP contribution in [0.2, 0.25) is 13.1 Å². The summed E-state index contributed by atoms with van der Waals surface area (Å²) in [5.41, 5.74) is 1.40. The minimum Gasteiger partial charge on any atom is -0.457 e. The van der Waals surface area contributed by atoms with Crippen LogP contribution in [-0.4, -0.2) is 26.7 Å². The van der Waals surface area contributed by atoms with Gasteiger partial charge in [-0.25, -0.2) is 0 Å². The third kappa shape index (κ3) is 4.05. The second-order valence-corrected chi connectivity index (χ2v) is 10.9. The summed E-state index contributed by atoms with van der Waals surface area (Å²) in [6.07, 6.45) is 2.56. The first-order valence-corrected chi connectivity index (χ1v) is 10.3. The molecule has 0 saturated carbocycles. The van der Waals surface area contributed by atoms with Gasteiger partial charge in [-0.05, 0) is 8.07 Å². The third-order valence-corrected chi connectivity index (χ3v) is 6.79. The maximum absolute atomic E-state index is 2.56. The Morgan fingerprint density at radius 3 is 1.90 bits per heavy atom. The molecular formula is C18H25NSi. The monoisotopic (exact) mass is 284 g/mol. The van der Waals surface area contributed by atoms with E-state index in [1.807, 2.05) is 0 Å². The van der Waals surface area contributed by atoms with Crippen LogP contribution < -0.4 is 5.19 Å². The van der Waals surface area contributed by atoms with Crippen molar-refractivity contribution >= 4 is 13.3 Å². The number of hydrogen-bond donors (Lipinski definition) is 0. The highest BCUT2D eigenvalue weighted by molar-refractivity contribution is 6.92. The quantitative estimate of drug-likeness (QED) is 0.341. The van der Waals surface area contributed by atoms with E-state index in [4.69, 9.17) is 0 Å². The zero-order valence-electron chi connectivity index (χ0n) is 13.0. The van der Waals surface area contributed by atoms with Gasteiger partial charge in [0.15, 0.2) is 0 Å². The maximum Gasteiger partial charge on any atom is 0.0799 e. The lowest BCUT2D eigenvalue weighted by atomic mass is 10.3. The molecule has 2 aromatic carbocycles. The Hall–Kier alpha value is -1.38. The van der Waals surface area contributed by atoms with Gasteiger partial charge in [0.1, 0.15) is 0 Å². The van der Waals surface area contributed by atoms with Crippen molar-refractivity contribution in [1.82, 2.24) is 0 Å². The second kappa shape index (κ2) is 5.94. The van der Waals surface area contributed by atoms with E-state index < -0.39 is 8.07 Å². The SMILES string of the molecule is C[N+](C)([CH-][Si](C)(C)c1ccccc1)[13CH2]c1ccccc1. The summed E-state index contributed by atoms with van der Waals surface area (Å²) < 4.78 is 0.929. The number of benzene rings is 2. The normalized spacial score (nSPS) is 12.4. The van der Waals surface area contributed by atoms with Gasteiger partial charge in [0.05, 0.1) is 6.54 Å². The van der Waals surface area contributed by atoms with E-state index in [2.05, 4.69) is 94.0 Å². The highest BCUT2D eigenvalue weighted by Crippen LogP contribution is 2.18. The molecule has 0 amide bonds. The maximum atomic E-state index is 2.56. The summed E-state index contributed by atoms with van der Waals surface area (Å²) in [5.74, 6) is 0. The average molecular weight is 284 g/mol. The molecule has 0 aliphatic heterocycles. The zero-order chi connectivity index (χ0) is 14.6. The average Bonchev–Trinajstić information content (AvgIpc) is 2.39. The predicted molar refractivity (Wildman–Crippen MR) is 90.1 cm³/mol. The molecule has 20 heavy (non-hydrogen) atoms. The van der Waals surface area contributed by atoms with Gasteiger partial charge in [0.25, 0.3) is 0 Å². The fraction of sp³-hybridized carbons (Fsp3) is 0.278. The predicted octanol–water partition coefficient (Wildman–Crippen LogP) is 3.58. The Kier molecular flexibility index (Phi) is 4.46. The van der Waals surface area contributed by atoms with Crippen molar-refractivity contribution in [3.8, 4) is 0 Å². The molecule has 0 aromatic heterocycles. The molecule has 1 nitrogen and oxygen atoms in total. The van der Waals surface area contributed by atoms with Gasteiger partial charge in [-0.15, -0.1) is 6.17 Å². The van der Waals surface area contributed by atoms with Crippen LogP contribution >= 0.6 is 0 Å². The fourth-order valence-corrected chi connectivity index (χ4v) is 5.95. The van der Waals surface area contributed by atoms with E-state index in [1.165, 1.54) is 10.8 Å². The summed E-state index contributed by atoms with van der Waals surface area (Å²) in [4.78, 5) is 0. The van der Waals surface area contributed by atoms with Gasteiger partial charge in [0.2, 0.25) is 0 Å². The summed E-state index contributed by atoms with van der Waals surface area (Å²) in [7, 11) is 3.07. The Morgan fingerprint density at radius 1 is 0.850 bits per heavy atom. The molecule has 0 aliphatic rings. The number of quaternary nitrogens is 1. The topological polar surface area (TPSA) is 0 Å². The van der Waals surface area contributed by atoms with Crippen LogP contribution in [-0.2, 0) is 6.54 Å². The lowest BCUT2D eigenvalue weighted by Crippen LogP contribution is -2.53. The summed E-state index contributed by atoms with van der Waals surface area (Å²) in [6, 6.07) is 21.7. The van der Waals surface area contributed by atoms with Gasteiger partial charge >= 0.3 is 0 Å². The minimum absolute atomic E-state index is 0.929. The first-order valence-electron chi connectivity index (χ1n) is 7.18. The molecular weight excluding hydrogens is 259 g/mol. The molecule has 0 fully saturated rings. The zero-order valence-corrected chi connectivity index (χ0v) is 14.0. The molecule has 0 aliphatic carbocycles. The Balaban J connectivity index is 2.11. The van der Waals surface area contributed by atoms with E-state index in [0.717, 1.165) is 11.0 Å². The van der Waals surface area contributed by atoms with Crippen LogP contribution in [0.25, 0.3) is 0 Å². The lowest BCUT2D eigenvalue weighted by molar-refractivity contribution is -0.867. The largest absolute Gasteiger partial charge is 0.457 e. The van der Waals surface area contributed by atoms with Gasteiger partial charge in [-0.1, -0.05) is 78.9 Å². The molecule has 2 rings (SSSR count). The van der Waals surface area contributed by atoms with E-state index in [9.17, 15) is 0 Å². The van der Waals surface area contributed by atoms with E-state index >= 15 is 0 Å². The summed E-state index contributed by atoms with van der Waals surface area (Å²) in [6.45, 7) is 5.89. The fourth-order valence-electron chi connectivity index (χ4n) is 2.92. The first-order chi connectivity index (χ1) is 9.39. The Morgan fingerprint density at radius 2 is 1.35 bits per heavy atom. The Labute approximate surface area is 124 Å². The molecule has 0 bridgehead atoms.